The molecule has 0 aliphatic carbocycles. The average Bonchev–Trinajstić information content (AvgIpc) is 2.77. The standard InChI is InChI=1S/C24H19F3N2O4/c1-15(30)33-20-7-4-6-17(13-20)22(31)28-14-18-5-2-3-8-21(18)29-23(32)16-9-11-19(12-10-16)24(25,26)27/h2-13H,14H2,1H3,(H,28,31)(H,29,32). The molecule has 6 nitrogen and oxygen atoms in total. The van der Waals surface area contributed by atoms with Gasteiger partial charge in [0.1, 0.15) is 5.75 Å². The molecule has 0 atom stereocenters. The molecule has 3 rings (SSSR count). The fraction of sp³-hybridized carbons (Fsp3) is 0.125. The number of amides is 2. The molecule has 0 radical (unpaired) electrons. The van der Waals surface area contributed by atoms with Crippen LogP contribution >= 0.6 is 0 Å². The maximum absolute atomic E-state index is 12.7. The van der Waals surface area contributed by atoms with E-state index in [1.54, 1.807) is 42.5 Å². The van der Waals surface area contributed by atoms with Crippen LogP contribution in [0.25, 0.3) is 0 Å². The highest BCUT2D eigenvalue weighted by atomic mass is 19.4. The summed E-state index contributed by atoms with van der Waals surface area (Å²) in [5.74, 6) is -1.28. The van der Waals surface area contributed by atoms with E-state index in [1.807, 2.05) is 0 Å². The van der Waals surface area contributed by atoms with Gasteiger partial charge in [-0.2, -0.15) is 13.2 Å². The highest BCUT2D eigenvalue weighted by molar-refractivity contribution is 6.04. The van der Waals surface area contributed by atoms with E-state index in [-0.39, 0.29) is 23.4 Å². The Morgan fingerprint density at radius 2 is 1.55 bits per heavy atom. The molecule has 0 aliphatic rings. The van der Waals surface area contributed by atoms with Crippen LogP contribution in [0.4, 0.5) is 18.9 Å². The van der Waals surface area contributed by atoms with E-state index in [0.29, 0.717) is 11.3 Å². The van der Waals surface area contributed by atoms with Gasteiger partial charge in [-0.25, -0.2) is 0 Å². The molecule has 9 heteroatoms. The highest BCUT2D eigenvalue weighted by Crippen LogP contribution is 2.29. The van der Waals surface area contributed by atoms with Gasteiger partial charge in [0, 0.05) is 30.3 Å². The van der Waals surface area contributed by atoms with E-state index in [4.69, 9.17) is 4.74 Å². The van der Waals surface area contributed by atoms with Crippen molar-refractivity contribution in [2.75, 3.05) is 5.32 Å². The lowest BCUT2D eigenvalue weighted by molar-refractivity contribution is -0.137. The first-order valence-corrected chi connectivity index (χ1v) is 9.76. The van der Waals surface area contributed by atoms with Gasteiger partial charge in [0.25, 0.3) is 11.8 Å². The lowest BCUT2D eigenvalue weighted by Crippen LogP contribution is -2.24. The molecule has 2 amide bonds. The van der Waals surface area contributed by atoms with Crippen LogP contribution in [-0.2, 0) is 17.5 Å². The quantitative estimate of drug-likeness (QED) is 0.412. The Kier molecular flexibility index (Phi) is 7.12. The van der Waals surface area contributed by atoms with Crippen LogP contribution in [0.5, 0.6) is 5.75 Å². The Morgan fingerprint density at radius 3 is 2.21 bits per heavy atom. The largest absolute Gasteiger partial charge is 0.427 e. The summed E-state index contributed by atoms with van der Waals surface area (Å²) in [6.07, 6.45) is -4.49. The number of carbonyl (C=O) groups excluding carboxylic acids is 3. The zero-order chi connectivity index (χ0) is 24.0. The van der Waals surface area contributed by atoms with Crippen molar-refractivity contribution >= 4 is 23.5 Å². The summed E-state index contributed by atoms with van der Waals surface area (Å²) in [5.41, 5.74) is 0.475. The second-order valence-corrected chi connectivity index (χ2v) is 6.99. The predicted octanol–water partition coefficient (Wildman–Crippen LogP) is 4.81. The van der Waals surface area contributed by atoms with Gasteiger partial charge < -0.3 is 15.4 Å². The minimum absolute atomic E-state index is 0.0594. The smallest absolute Gasteiger partial charge is 0.416 e. The van der Waals surface area contributed by atoms with Crippen LogP contribution in [0, 0.1) is 0 Å². The summed E-state index contributed by atoms with van der Waals surface area (Å²) >= 11 is 0. The minimum Gasteiger partial charge on any atom is -0.427 e. The van der Waals surface area contributed by atoms with Crippen molar-refractivity contribution in [3.05, 3.63) is 95.1 Å². The van der Waals surface area contributed by atoms with Crippen molar-refractivity contribution in [3.8, 4) is 5.75 Å². The van der Waals surface area contributed by atoms with Gasteiger partial charge in [-0.3, -0.25) is 14.4 Å². The number of hydrogen-bond acceptors (Lipinski definition) is 4. The number of alkyl halides is 3. The van der Waals surface area contributed by atoms with Crippen molar-refractivity contribution in [3.63, 3.8) is 0 Å². The summed E-state index contributed by atoms with van der Waals surface area (Å²) in [6, 6.07) is 16.7. The van der Waals surface area contributed by atoms with Gasteiger partial charge in [-0.15, -0.1) is 0 Å². The van der Waals surface area contributed by atoms with Crippen LogP contribution < -0.4 is 15.4 Å². The number of carbonyl (C=O) groups is 3. The zero-order valence-corrected chi connectivity index (χ0v) is 17.4. The summed E-state index contributed by atoms with van der Waals surface area (Å²) in [7, 11) is 0. The predicted molar refractivity (Wildman–Crippen MR) is 115 cm³/mol. The first kappa shape index (κ1) is 23.5. The molecular weight excluding hydrogens is 437 g/mol. The SMILES string of the molecule is CC(=O)Oc1cccc(C(=O)NCc2ccccc2NC(=O)c2ccc(C(F)(F)F)cc2)c1. The van der Waals surface area contributed by atoms with Gasteiger partial charge in [0.2, 0.25) is 0 Å². The lowest BCUT2D eigenvalue weighted by Gasteiger charge is -2.13. The van der Waals surface area contributed by atoms with Crippen LogP contribution in [0.15, 0.2) is 72.8 Å². The molecule has 0 spiro atoms. The third kappa shape index (κ3) is 6.42. The maximum atomic E-state index is 12.7. The fourth-order valence-corrected chi connectivity index (χ4v) is 2.95. The third-order valence-electron chi connectivity index (χ3n) is 4.54. The Hall–Kier alpha value is -4.14. The Morgan fingerprint density at radius 1 is 0.848 bits per heavy atom. The van der Waals surface area contributed by atoms with Crippen molar-refractivity contribution < 1.29 is 32.3 Å². The van der Waals surface area contributed by atoms with Gasteiger partial charge in [0.05, 0.1) is 5.56 Å². The van der Waals surface area contributed by atoms with Gasteiger partial charge in [-0.05, 0) is 54.1 Å². The number of benzene rings is 3. The summed E-state index contributed by atoms with van der Waals surface area (Å²) in [5, 5.41) is 5.37. The average molecular weight is 456 g/mol. The summed E-state index contributed by atoms with van der Waals surface area (Å²) in [4.78, 5) is 36.1. The normalized spacial score (nSPS) is 10.9. The molecule has 0 fully saturated rings. The number of hydrogen-bond donors (Lipinski definition) is 2. The molecule has 2 N–H and O–H groups in total. The highest BCUT2D eigenvalue weighted by Gasteiger charge is 2.30. The van der Waals surface area contributed by atoms with Gasteiger partial charge >= 0.3 is 12.1 Å². The van der Waals surface area contributed by atoms with Crippen molar-refractivity contribution in [1.29, 1.82) is 0 Å². The van der Waals surface area contributed by atoms with Crippen LogP contribution in [-0.4, -0.2) is 17.8 Å². The second-order valence-electron chi connectivity index (χ2n) is 6.99. The summed E-state index contributed by atoms with van der Waals surface area (Å²) in [6.45, 7) is 1.32. The minimum atomic E-state index is -4.49. The number of halogens is 3. The maximum Gasteiger partial charge on any atom is 0.416 e. The van der Waals surface area contributed by atoms with E-state index in [9.17, 15) is 27.6 Å². The van der Waals surface area contributed by atoms with Crippen LogP contribution in [0.3, 0.4) is 0 Å². The van der Waals surface area contributed by atoms with Crippen molar-refractivity contribution in [2.45, 2.75) is 19.6 Å². The number of rotatable bonds is 6. The molecule has 3 aromatic rings. The number of ether oxygens (including phenoxy) is 1. The topological polar surface area (TPSA) is 84.5 Å². The number of nitrogens with one attached hydrogen (secondary N) is 2. The second kappa shape index (κ2) is 9.99. The zero-order valence-electron chi connectivity index (χ0n) is 17.4. The van der Waals surface area contributed by atoms with E-state index in [0.717, 1.165) is 24.3 Å². The van der Waals surface area contributed by atoms with E-state index >= 15 is 0 Å². The molecular formula is C24H19F3N2O4. The van der Waals surface area contributed by atoms with E-state index < -0.39 is 29.5 Å². The van der Waals surface area contributed by atoms with Gasteiger partial charge in [0.15, 0.2) is 0 Å². The molecule has 33 heavy (non-hydrogen) atoms. The Labute approximate surface area is 187 Å². The van der Waals surface area contributed by atoms with Crippen LogP contribution in [0.1, 0.15) is 38.8 Å². The lowest BCUT2D eigenvalue weighted by atomic mass is 10.1. The molecule has 3 aromatic carbocycles. The number of esters is 1. The number of anilines is 1. The van der Waals surface area contributed by atoms with Crippen molar-refractivity contribution in [1.82, 2.24) is 5.32 Å². The van der Waals surface area contributed by atoms with Gasteiger partial charge in [-0.1, -0.05) is 24.3 Å². The fourth-order valence-electron chi connectivity index (χ4n) is 2.95. The number of para-hydroxylation sites is 1. The Balaban J connectivity index is 1.67. The summed E-state index contributed by atoms with van der Waals surface area (Å²) < 4.78 is 43.1. The van der Waals surface area contributed by atoms with Crippen molar-refractivity contribution in [2.24, 2.45) is 0 Å². The molecule has 170 valence electrons. The molecule has 0 aliphatic heterocycles. The molecule has 0 unspecified atom stereocenters. The molecule has 0 saturated carbocycles. The first-order valence-electron chi connectivity index (χ1n) is 9.76. The van der Waals surface area contributed by atoms with Crippen LogP contribution in [0.2, 0.25) is 0 Å². The molecule has 0 saturated heterocycles. The monoisotopic (exact) mass is 456 g/mol. The molecule has 0 heterocycles. The molecule has 0 aromatic heterocycles. The Bertz CT molecular complexity index is 1170. The molecule has 0 bridgehead atoms. The van der Waals surface area contributed by atoms with E-state index in [1.165, 1.54) is 13.0 Å². The first-order chi connectivity index (χ1) is 15.6. The van der Waals surface area contributed by atoms with E-state index in [2.05, 4.69) is 10.6 Å². The third-order valence-corrected chi connectivity index (χ3v) is 4.54.